The van der Waals surface area contributed by atoms with Crippen LogP contribution in [0.4, 0.5) is 0 Å². The summed E-state index contributed by atoms with van der Waals surface area (Å²) in [5, 5.41) is 32.0. The first-order valence-corrected chi connectivity index (χ1v) is 27.0. The summed E-state index contributed by atoms with van der Waals surface area (Å²) in [6.07, 6.45) is 17.3. The van der Waals surface area contributed by atoms with Gasteiger partial charge in [-0.05, 0) is 130 Å². The first-order chi connectivity index (χ1) is 36.5. The number of hydrogen-bond acceptors (Lipinski definition) is 2. The molecular formula is C70H56B2N4. The number of fused-ring (bicyclic) bond motifs is 18. The molecule has 0 fully saturated rings. The standard InChI is InChI=1S/C70H56B2N4/c1-36-20-16-17-21-37(2)54-49(34-73)63(71)67-59(61(54)53(36)39-22-12-10-13-23-39)47-32-41(69(4,5)6)30-45-57-51(75(67)65(45)47)28-29-52-58(57)46-31-42(70(7,8)9)33-48-60-62-55(50(35-74)64(72)68(60)76(52)66(46)48)38(3)43-26-18-19-27-44(43)56(62)40-24-14-11-15-25-40/h10-12,14-22,24-33,38,53,56H,13,23H2,1-9H3/b17-16-,36-20+,37-21+. The van der Waals surface area contributed by atoms with Gasteiger partial charge in [-0.1, -0.05) is 168 Å². The summed E-state index contributed by atoms with van der Waals surface area (Å²) < 4.78 is 4.82. The van der Waals surface area contributed by atoms with Gasteiger partial charge in [0.1, 0.15) is 15.7 Å². The van der Waals surface area contributed by atoms with Gasteiger partial charge in [0.2, 0.25) is 0 Å². The van der Waals surface area contributed by atoms with Crippen molar-refractivity contribution in [2.45, 2.75) is 104 Å². The molecule has 362 valence electrons. The van der Waals surface area contributed by atoms with E-state index in [4.69, 9.17) is 15.7 Å². The van der Waals surface area contributed by atoms with Gasteiger partial charge in [-0.15, -0.1) is 0 Å². The van der Waals surface area contributed by atoms with E-state index in [1.54, 1.807) is 0 Å². The largest absolute Gasteiger partial charge is 0.309 e. The number of rotatable bonds is 2. The van der Waals surface area contributed by atoms with E-state index in [2.05, 4.69) is 217 Å². The van der Waals surface area contributed by atoms with Crippen LogP contribution in [0.1, 0.15) is 154 Å². The lowest BCUT2D eigenvalue weighted by atomic mass is 9.66. The van der Waals surface area contributed by atoms with Crippen molar-refractivity contribution in [1.82, 2.24) is 8.80 Å². The molecule has 0 saturated carbocycles. The average Bonchev–Trinajstić information content (AvgIpc) is 3.89. The van der Waals surface area contributed by atoms with E-state index < -0.39 is 0 Å². The molecule has 4 aromatic heterocycles. The Morgan fingerprint density at radius 3 is 1.63 bits per heavy atom. The van der Waals surface area contributed by atoms with Crippen molar-refractivity contribution >= 4 is 108 Å². The van der Waals surface area contributed by atoms with Crippen LogP contribution in [0.15, 0.2) is 145 Å². The molecule has 14 rings (SSSR count). The molecule has 0 aliphatic heterocycles. The summed E-state index contributed by atoms with van der Waals surface area (Å²) >= 11 is 0. The Morgan fingerprint density at radius 2 is 1.08 bits per heavy atom. The van der Waals surface area contributed by atoms with Crippen LogP contribution in [0, 0.1) is 22.7 Å². The topological polar surface area (TPSA) is 56.4 Å². The molecular weight excluding hydrogens is 918 g/mol. The predicted octanol–water partition coefficient (Wildman–Crippen LogP) is 15.8. The summed E-state index contributed by atoms with van der Waals surface area (Å²) in [6.45, 7) is 20.5. The minimum atomic E-state index is -0.220. The molecule has 4 radical (unpaired) electrons. The maximum Gasteiger partial charge on any atom is 0.118 e. The fourth-order valence-electron chi connectivity index (χ4n) is 14.5. The molecule has 0 N–H and O–H groups in total. The molecule has 3 unspecified atom stereocenters. The molecule has 76 heavy (non-hydrogen) atoms. The van der Waals surface area contributed by atoms with Gasteiger partial charge in [-0.3, -0.25) is 0 Å². The first kappa shape index (κ1) is 46.5. The smallest absolute Gasteiger partial charge is 0.118 e. The summed E-state index contributed by atoms with van der Waals surface area (Å²) in [5.74, 6) is -0.266. The van der Waals surface area contributed by atoms with Gasteiger partial charge in [-0.2, -0.15) is 10.5 Å². The van der Waals surface area contributed by atoms with Gasteiger partial charge in [-0.25, -0.2) is 0 Å². The number of aromatic nitrogens is 2. The molecule has 6 heteroatoms. The average molecular weight is 975 g/mol. The molecule has 0 amide bonds. The van der Waals surface area contributed by atoms with E-state index in [1.165, 1.54) is 44.5 Å². The maximum absolute atomic E-state index is 11.4. The Hall–Kier alpha value is -8.05. The second kappa shape index (κ2) is 16.0. The zero-order valence-corrected chi connectivity index (χ0v) is 44.8. The summed E-state index contributed by atoms with van der Waals surface area (Å²) in [4.78, 5) is 0. The number of benzene rings is 7. The lowest BCUT2D eigenvalue weighted by molar-refractivity contribution is 0.591. The van der Waals surface area contributed by atoms with Gasteiger partial charge in [0, 0.05) is 71.9 Å². The van der Waals surface area contributed by atoms with Crippen molar-refractivity contribution < 1.29 is 0 Å². The van der Waals surface area contributed by atoms with Crippen molar-refractivity contribution in [3.63, 3.8) is 0 Å². The molecule has 3 atom stereocenters. The molecule has 4 heterocycles. The Morgan fingerprint density at radius 1 is 0.553 bits per heavy atom. The number of hydrogen-bond donors (Lipinski definition) is 0. The Balaban J connectivity index is 1.21. The van der Waals surface area contributed by atoms with Crippen molar-refractivity contribution in [2.75, 3.05) is 0 Å². The summed E-state index contributed by atoms with van der Waals surface area (Å²) in [5.41, 5.74) is 21.7. The molecule has 0 spiro atoms. The third-order valence-electron chi connectivity index (χ3n) is 17.9. The SMILES string of the molecule is [B]c1c(C#N)c2c(c3c4cc(C(C)(C)C)cc5c6c7c8cc(C(C)(C)C)cc9c%10c%11c(c(C#N)c([B])c%10n(c7ccc6n(c13)c45)c98)C(C)c1ccccc1C%11c1ccccc1)C(C1=CC=CCC1)/C(C)=C/C=C\C=C\2C. The van der Waals surface area contributed by atoms with Gasteiger partial charge >= 0.3 is 0 Å². The first-order valence-electron chi connectivity index (χ1n) is 27.0. The van der Waals surface area contributed by atoms with E-state index >= 15 is 0 Å². The number of nitriles is 2. The van der Waals surface area contributed by atoms with Crippen LogP contribution in [0.25, 0.3) is 81.8 Å². The fraction of sp³-hybridized carbons (Fsp3) is 0.229. The second-order valence-corrected chi connectivity index (χ2v) is 24.2. The minimum Gasteiger partial charge on any atom is -0.309 e. The number of allylic oxidation sites excluding steroid dienone is 10. The highest BCUT2D eigenvalue weighted by Crippen LogP contribution is 2.56. The molecule has 0 bridgehead atoms. The van der Waals surface area contributed by atoms with E-state index in [0.29, 0.717) is 22.1 Å². The minimum absolute atomic E-state index is 0.0577. The monoisotopic (exact) mass is 974 g/mol. The molecule has 7 aromatic carbocycles. The highest BCUT2D eigenvalue weighted by Gasteiger charge is 2.39. The van der Waals surface area contributed by atoms with Crippen LogP contribution in [0.2, 0.25) is 0 Å². The van der Waals surface area contributed by atoms with E-state index in [0.717, 1.165) is 111 Å². The summed E-state index contributed by atoms with van der Waals surface area (Å²) in [6, 6.07) is 39.3. The zero-order chi connectivity index (χ0) is 52.6. The van der Waals surface area contributed by atoms with Crippen molar-refractivity contribution in [3.8, 4) is 12.1 Å². The van der Waals surface area contributed by atoms with Crippen LogP contribution in [-0.4, -0.2) is 24.5 Å². The van der Waals surface area contributed by atoms with Gasteiger partial charge < -0.3 is 8.80 Å². The third kappa shape index (κ3) is 6.02. The molecule has 4 nitrogen and oxygen atoms in total. The van der Waals surface area contributed by atoms with Crippen molar-refractivity contribution in [3.05, 3.63) is 206 Å². The Labute approximate surface area is 447 Å². The van der Waals surface area contributed by atoms with E-state index in [1.807, 2.05) is 0 Å². The molecule has 11 aromatic rings. The van der Waals surface area contributed by atoms with Gasteiger partial charge in [0.15, 0.2) is 0 Å². The molecule has 3 aliphatic rings. The predicted molar refractivity (Wildman–Crippen MR) is 320 cm³/mol. The summed E-state index contributed by atoms with van der Waals surface area (Å²) in [7, 11) is 15.3. The van der Waals surface area contributed by atoms with Gasteiger partial charge in [0.25, 0.3) is 0 Å². The highest BCUT2D eigenvalue weighted by molar-refractivity contribution is 6.46. The normalized spacial score (nSPS) is 19.8. The van der Waals surface area contributed by atoms with Crippen molar-refractivity contribution in [2.24, 2.45) is 0 Å². The quantitative estimate of drug-likeness (QED) is 0.162. The van der Waals surface area contributed by atoms with Crippen LogP contribution in [0.3, 0.4) is 0 Å². The zero-order valence-electron chi connectivity index (χ0n) is 44.8. The lowest BCUT2D eigenvalue weighted by Gasteiger charge is -2.35. The number of nitrogens with zero attached hydrogens (tertiary/aromatic N) is 4. The van der Waals surface area contributed by atoms with Crippen LogP contribution < -0.4 is 10.9 Å². The second-order valence-electron chi connectivity index (χ2n) is 24.2. The lowest BCUT2D eigenvalue weighted by Crippen LogP contribution is -2.24. The van der Waals surface area contributed by atoms with E-state index in [-0.39, 0.29) is 28.6 Å². The van der Waals surface area contributed by atoms with E-state index in [9.17, 15) is 10.5 Å². The fourth-order valence-corrected chi connectivity index (χ4v) is 14.5. The highest BCUT2D eigenvalue weighted by atomic mass is 14.9. The van der Waals surface area contributed by atoms with Crippen molar-refractivity contribution in [1.29, 1.82) is 10.5 Å². The van der Waals surface area contributed by atoms with Crippen LogP contribution >= 0.6 is 0 Å². The molecule has 3 aliphatic carbocycles. The molecule has 0 saturated heterocycles. The third-order valence-corrected chi connectivity index (χ3v) is 17.9. The van der Waals surface area contributed by atoms with Gasteiger partial charge in [0.05, 0.1) is 45.3 Å². The Bertz CT molecular complexity index is 4670. The maximum atomic E-state index is 11.4. The van der Waals surface area contributed by atoms with Crippen LogP contribution in [0.5, 0.6) is 0 Å². The Kier molecular flexibility index (Phi) is 9.78. The van der Waals surface area contributed by atoms with Crippen LogP contribution in [-0.2, 0) is 10.8 Å².